The van der Waals surface area contributed by atoms with Gasteiger partial charge in [0.2, 0.25) is 0 Å². The smallest absolute Gasteiger partial charge is 0.261 e. The Bertz CT molecular complexity index is 817. The topological polar surface area (TPSA) is 74.7 Å². The highest BCUT2D eigenvalue weighted by Crippen LogP contribution is 2.22. The largest absolute Gasteiger partial charge is 0.370 e. The predicted octanol–water partition coefficient (Wildman–Crippen LogP) is 2.95. The van der Waals surface area contributed by atoms with Crippen LogP contribution in [0, 0.1) is 0 Å². The number of anilines is 2. The number of H-pyrrole nitrogens is 1. The molecule has 0 fully saturated rings. The van der Waals surface area contributed by atoms with Crippen LogP contribution in [-0.2, 0) is 6.54 Å². The lowest BCUT2D eigenvalue weighted by Gasteiger charge is -2.16. The molecule has 0 unspecified atom stereocenters. The molecular formula is C17H17N5O. The van der Waals surface area contributed by atoms with Gasteiger partial charge in [-0.1, -0.05) is 12.1 Å². The predicted molar refractivity (Wildman–Crippen MR) is 89.5 cm³/mol. The number of nitrogens with one attached hydrogen (secondary N) is 3. The molecular weight excluding hydrogens is 290 g/mol. The summed E-state index contributed by atoms with van der Waals surface area (Å²) in [6.07, 6.45) is 4.54. The molecule has 4 rings (SSSR count). The molecule has 0 spiro atoms. The minimum absolute atomic E-state index is 0.145. The van der Waals surface area contributed by atoms with Gasteiger partial charge in [-0.15, -0.1) is 0 Å². The third kappa shape index (κ3) is 2.59. The number of hydrogen-bond acceptors (Lipinski definition) is 3. The van der Waals surface area contributed by atoms with Crippen molar-refractivity contribution in [3.05, 3.63) is 54.4 Å². The Balaban J connectivity index is 1.51. The lowest BCUT2D eigenvalue weighted by Crippen LogP contribution is -2.20. The minimum atomic E-state index is -0.145. The monoisotopic (exact) mass is 307 g/mol. The number of fused-ring (bicyclic) bond motifs is 1. The number of benzene rings is 1. The lowest BCUT2D eigenvalue weighted by molar-refractivity contribution is 0.102. The van der Waals surface area contributed by atoms with E-state index in [-0.39, 0.29) is 5.91 Å². The van der Waals surface area contributed by atoms with Crippen LogP contribution in [0.4, 0.5) is 11.5 Å². The highest BCUT2D eigenvalue weighted by Gasteiger charge is 2.19. The zero-order valence-corrected chi connectivity index (χ0v) is 12.5. The standard InChI is InChI=1S/C17H17N5O/c23-17(14-11-20-22-10-2-9-19-16(14)22)21-13-6-4-12(5-7-13)15-3-1-8-18-15/h1,3-8,11,18-19H,2,9-10H2,(H,21,23). The summed E-state index contributed by atoms with van der Waals surface area (Å²) in [5, 5.41) is 10.4. The van der Waals surface area contributed by atoms with Gasteiger partial charge in [0.25, 0.3) is 5.91 Å². The van der Waals surface area contributed by atoms with E-state index in [1.54, 1.807) is 6.20 Å². The van der Waals surface area contributed by atoms with Gasteiger partial charge >= 0.3 is 0 Å². The average molecular weight is 307 g/mol. The average Bonchev–Trinajstić information content (AvgIpc) is 3.25. The quantitative estimate of drug-likeness (QED) is 0.696. The molecule has 0 saturated heterocycles. The number of aryl methyl sites for hydroxylation is 1. The number of amides is 1. The third-order valence-electron chi connectivity index (χ3n) is 3.97. The van der Waals surface area contributed by atoms with Crippen LogP contribution >= 0.6 is 0 Å². The Morgan fingerprint density at radius 3 is 2.87 bits per heavy atom. The van der Waals surface area contributed by atoms with E-state index in [1.807, 2.05) is 47.3 Å². The Labute approximate surface area is 133 Å². The van der Waals surface area contributed by atoms with Gasteiger partial charge < -0.3 is 15.6 Å². The second-order valence-corrected chi connectivity index (χ2v) is 5.53. The number of carbonyl (C=O) groups is 1. The van der Waals surface area contributed by atoms with Gasteiger partial charge in [-0.05, 0) is 36.2 Å². The van der Waals surface area contributed by atoms with Gasteiger partial charge in [0.15, 0.2) is 0 Å². The van der Waals surface area contributed by atoms with E-state index in [4.69, 9.17) is 0 Å². The SMILES string of the molecule is O=C(Nc1ccc(-c2ccc[nH]2)cc1)c1cnn2c1NCCC2. The summed E-state index contributed by atoms with van der Waals surface area (Å²) in [6.45, 7) is 1.72. The van der Waals surface area contributed by atoms with Crippen molar-refractivity contribution in [1.82, 2.24) is 14.8 Å². The molecule has 0 bridgehead atoms. The summed E-state index contributed by atoms with van der Waals surface area (Å²) in [4.78, 5) is 15.6. The van der Waals surface area contributed by atoms with E-state index >= 15 is 0 Å². The zero-order valence-electron chi connectivity index (χ0n) is 12.5. The van der Waals surface area contributed by atoms with Gasteiger partial charge in [0, 0.05) is 30.7 Å². The van der Waals surface area contributed by atoms with Crippen molar-refractivity contribution in [3.8, 4) is 11.3 Å². The Kier molecular flexibility index (Phi) is 3.34. The van der Waals surface area contributed by atoms with Crippen molar-refractivity contribution >= 4 is 17.4 Å². The van der Waals surface area contributed by atoms with Crippen molar-refractivity contribution in [3.63, 3.8) is 0 Å². The molecule has 1 amide bonds. The van der Waals surface area contributed by atoms with E-state index in [0.717, 1.165) is 42.3 Å². The number of hydrogen-bond donors (Lipinski definition) is 3. The Morgan fingerprint density at radius 1 is 1.22 bits per heavy atom. The molecule has 1 aliphatic rings. The van der Waals surface area contributed by atoms with Crippen LogP contribution < -0.4 is 10.6 Å². The number of aromatic amines is 1. The lowest BCUT2D eigenvalue weighted by atomic mass is 10.1. The van der Waals surface area contributed by atoms with Crippen LogP contribution in [0.25, 0.3) is 11.3 Å². The van der Waals surface area contributed by atoms with Gasteiger partial charge in [0.1, 0.15) is 11.4 Å². The van der Waals surface area contributed by atoms with E-state index in [1.165, 1.54) is 0 Å². The first-order valence-corrected chi connectivity index (χ1v) is 7.66. The fourth-order valence-electron chi connectivity index (χ4n) is 2.78. The second-order valence-electron chi connectivity index (χ2n) is 5.53. The molecule has 3 heterocycles. The van der Waals surface area contributed by atoms with Crippen LogP contribution in [0.2, 0.25) is 0 Å². The molecule has 2 aromatic heterocycles. The summed E-state index contributed by atoms with van der Waals surface area (Å²) in [5.41, 5.74) is 3.48. The van der Waals surface area contributed by atoms with Crippen molar-refractivity contribution in [2.45, 2.75) is 13.0 Å². The first-order valence-electron chi connectivity index (χ1n) is 7.66. The molecule has 0 aliphatic carbocycles. The summed E-state index contributed by atoms with van der Waals surface area (Å²) in [5.74, 6) is 0.657. The van der Waals surface area contributed by atoms with E-state index < -0.39 is 0 Å². The summed E-state index contributed by atoms with van der Waals surface area (Å²) < 4.78 is 1.84. The normalized spacial score (nSPS) is 13.2. The molecule has 6 nitrogen and oxygen atoms in total. The molecule has 0 radical (unpaired) electrons. The number of aromatic nitrogens is 3. The van der Waals surface area contributed by atoms with E-state index in [9.17, 15) is 4.79 Å². The maximum atomic E-state index is 12.5. The first-order chi connectivity index (χ1) is 11.3. The van der Waals surface area contributed by atoms with Crippen molar-refractivity contribution in [2.24, 2.45) is 0 Å². The van der Waals surface area contributed by atoms with Crippen molar-refractivity contribution in [2.75, 3.05) is 17.2 Å². The van der Waals surface area contributed by atoms with Gasteiger partial charge in [-0.2, -0.15) is 5.10 Å². The number of rotatable bonds is 3. The fraction of sp³-hybridized carbons (Fsp3) is 0.176. The molecule has 1 aromatic carbocycles. The maximum Gasteiger partial charge on any atom is 0.261 e. The highest BCUT2D eigenvalue weighted by molar-refractivity contribution is 6.07. The van der Waals surface area contributed by atoms with Crippen LogP contribution in [0.15, 0.2) is 48.8 Å². The van der Waals surface area contributed by atoms with E-state index in [0.29, 0.717) is 5.56 Å². The molecule has 0 saturated carbocycles. The van der Waals surface area contributed by atoms with Crippen molar-refractivity contribution < 1.29 is 4.79 Å². The van der Waals surface area contributed by atoms with Gasteiger partial charge in [-0.25, -0.2) is 4.68 Å². The molecule has 1 aliphatic heterocycles. The summed E-state index contributed by atoms with van der Waals surface area (Å²) in [6, 6.07) is 11.7. The molecule has 6 heteroatoms. The van der Waals surface area contributed by atoms with Crippen LogP contribution in [0.1, 0.15) is 16.8 Å². The molecule has 3 aromatic rings. The van der Waals surface area contributed by atoms with Crippen LogP contribution in [-0.4, -0.2) is 27.2 Å². The van der Waals surface area contributed by atoms with Gasteiger partial charge in [-0.3, -0.25) is 4.79 Å². The number of carbonyl (C=O) groups excluding carboxylic acids is 1. The Hall–Kier alpha value is -3.02. The van der Waals surface area contributed by atoms with Crippen LogP contribution in [0.5, 0.6) is 0 Å². The van der Waals surface area contributed by atoms with Crippen molar-refractivity contribution in [1.29, 1.82) is 0 Å². The minimum Gasteiger partial charge on any atom is -0.370 e. The zero-order chi connectivity index (χ0) is 15.6. The first kappa shape index (κ1) is 13.6. The maximum absolute atomic E-state index is 12.5. The van der Waals surface area contributed by atoms with Crippen LogP contribution in [0.3, 0.4) is 0 Å². The Morgan fingerprint density at radius 2 is 2.09 bits per heavy atom. The molecule has 116 valence electrons. The highest BCUT2D eigenvalue weighted by atomic mass is 16.1. The molecule has 0 atom stereocenters. The fourth-order valence-corrected chi connectivity index (χ4v) is 2.78. The second kappa shape index (κ2) is 5.64. The molecule has 3 N–H and O–H groups in total. The van der Waals surface area contributed by atoms with E-state index in [2.05, 4.69) is 20.7 Å². The molecule has 23 heavy (non-hydrogen) atoms. The third-order valence-corrected chi connectivity index (χ3v) is 3.97. The van der Waals surface area contributed by atoms with Gasteiger partial charge in [0.05, 0.1) is 6.20 Å². The number of nitrogens with zero attached hydrogens (tertiary/aromatic N) is 2. The summed E-state index contributed by atoms with van der Waals surface area (Å²) >= 11 is 0. The summed E-state index contributed by atoms with van der Waals surface area (Å²) in [7, 11) is 0.